The topological polar surface area (TPSA) is 37.3 Å². The van der Waals surface area contributed by atoms with Crippen molar-refractivity contribution in [2.75, 3.05) is 0 Å². The smallest absolute Gasteiger partial charge is 0.163 e. The Morgan fingerprint density at radius 1 is 1.31 bits per heavy atom. The minimum Gasteiger partial charge on any atom is -0.388 e. The Balaban J connectivity index is 2.51. The van der Waals surface area contributed by atoms with E-state index in [9.17, 15) is 9.90 Å². The van der Waals surface area contributed by atoms with Crippen LogP contribution in [-0.2, 0) is 0 Å². The van der Waals surface area contributed by atoms with Crippen molar-refractivity contribution in [2.45, 2.75) is 25.4 Å². The summed E-state index contributed by atoms with van der Waals surface area (Å²) in [5.74, 6) is 0.159. The van der Waals surface area contributed by atoms with Gasteiger partial charge in [0.2, 0.25) is 0 Å². The van der Waals surface area contributed by atoms with Gasteiger partial charge in [-0.3, -0.25) is 4.79 Å². The van der Waals surface area contributed by atoms with E-state index in [1.807, 2.05) is 18.2 Å². The zero-order valence-electron chi connectivity index (χ0n) is 7.36. The van der Waals surface area contributed by atoms with Crippen LogP contribution in [0.2, 0.25) is 0 Å². The lowest BCUT2D eigenvalue weighted by molar-refractivity contribution is 0.0981. The van der Waals surface area contributed by atoms with Crippen molar-refractivity contribution in [1.29, 1.82) is 0 Å². The molecule has 1 aliphatic carbocycles. The second-order valence-electron chi connectivity index (χ2n) is 3.42. The summed E-state index contributed by atoms with van der Waals surface area (Å²) in [6.45, 7) is 0. The highest BCUT2D eigenvalue weighted by Gasteiger charge is 2.20. The molecule has 0 aromatic heterocycles. The fourth-order valence-electron chi connectivity index (χ4n) is 1.79. The van der Waals surface area contributed by atoms with Crippen molar-refractivity contribution < 1.29 is 9.90 Å². The summed E-state index contributed by atoms with van der Waals surface area (Å²) in [5.41, 5.74) is 1.50. The van der Waals surface area contributed by atoms with Gasteiger partial charge in [-0.1, -0.05) is 24.3 Å². The minimum absolute atomic E-state index is 0.159. The van der Waals surface area contributed by atoms with Gasteiger partial charge in [-0.2, -0.15) is 0 Å². The number of fused-ring (bicyclic) bond motifs is 1. The number of ketones is 1. The van der Waals surface area contributed by atoms with Crippen LogP contribution >= 0.6 is 0 Å². The van der Waals surface area contributed by atoms with E-state index in [4.69, 9.17) is 0 Å². The van der Waals surface area contributed by atoms with Crippen LogP contribution in [0.5, 0.6) is 0 Å². The third-order valence-electron chi connectivity index (χ3n) is 2.50. The van der Waals surface area contributed by atoms with Gasteiger partial charge >= 0.3 is 0 Å². The number of hydrogen-bond donors (Lipinski definition) is 1. The molecule has 13 heavy (non-hydrogen) atoms. The van der Waals surface area contributed by atoms with Gasteiger partial charge in [0.1, 0.15) is 0 Å². The molecule has 0 saturated carbocycles. The molecule has 2 nitrogen and oxygen atoms in total. The Hall–Kier alpha value is -1.15. The van der Waals surface area contributed by atoms with Gasteiger partial charge in [0, 0.05) is 12.0 Å². The second kappa shape index (κ2) is 3.30. The van der Waals surface area contributed by atoms with Crippen molar-refractivity contribution in [3.8, 4) is 0 Å². The Morgan fingerprint density at radius 3 is 2.92 bits per heavy atom. The van der Waals surface area contributed by atoms with Gasteiger partial charge in [-0.15, -0.1) is 0 Å². The highest BCUT2D eigenvalue weighted by molar-refractivity contribution is 5.97. The molecule has 1 N–H and O–H groups in total. The van der Waals surface area contributed by atoms with Crippen molar-refractivity contribution in [1.82, 2.24) is 0 Å². The molecule has 0 aliphatic heterocycles. The van der Waals surface area contributed by atoms with Gasteiger partial charge < -0.3 is 5.11 Å². The molecule has 1 atom stereocenters. The summed E-state index contributed by atoms with van der Waals surface area (Å²) in [7, 11) is 0. The fourth-order valence-corrected chi connectivity index (χ4v) is 1.79. The van der Waals surface area contributed by atoms with Crippen LogP contribution in [0.3, 0.4) is 0 Å². The maximum absolute atomic E-state index is 11.5. The van der Waals surface area contributed by atoms with E-state index < -0.39 is 6.10 Å². The van der Waals surface area contributed by atoms with Crippen LogP contribution in [0.4, 0.5) is 0 Å². The van der Waals surface area contributed by atoms with Crippen LogP contribution in [0.15, 0.2) is 24.3 Å². The second-order valence-corrected chi connectivity index (χ2v) is 3.42. The molecule has 0 bridgehead atoms. The molecule has 0 saturated heterocycles. The zero-order chi connectivity index (χ0) is 9.26. The molecule has 2 rings (SSSR count). The van der Waals surface area contributed by atoms with Crippen LogP contribution in [0, 0.1) is 0 Å². The van der Waals surface area contributed by atoms with Gasteiger partial charge in [-0.05, 0) is 18.4 Å². The summed E-state index contributed by atoms with van der Waals surface area (Å²) in [6, 6.07) is 7.34. The lowest BCUT2D eigenvalue weighted by atomic mass is 10.0. The lowest BCUT2D eigenvalue weighted by Crippen LogP contribution is -2.01. The van der Waals surface area contributed by atoms with Crippen LogP contribution in [-0.4, -0.2) is 10.9 Å². The molecular formula is C11H12O2. The van der Waals surface area contributed by atoms with E-state index in [0.29, 0.717) is 18.4 Å². The quantitative estimate of drug-likeness (QED) is 0.614. The standard InChI is InChI=1S/C11H12O2/c12-10-6-3-7-11(13)9-5-2-1-4-8(9)10/h1-2,4-5,10,12H,3,6-7H2. The predicted octanol–water partition coefficient (Wildman–Crippen LogP) is 2.09. The van der Waals surface area contributed by atoms with E-state index in [1.54, 1.807) is 6.07 Å². The highest BCUT2D eigenvalue weighted by Crippen LogP contribution is 2.27. The lowest BCUT2D eigenvalue weighted by Gasteiger charge is -2.09. The number of Topliss-reactive ketones (excluding diaryl/α,β-unsaturated/α-hetero) is 1. The summed E-state index contributed by atoms with van der Waals surface area (Å²) in [6.07, 6.45) is 1.59. The largest absolute Gasteiger partial charge is 0.388 e. The first-order chi connectivity index (χ1) is 6.29. The van der Waals surface area contributed by atoms with Gasteiger partial charge in [0.25, 0.3) is 0 Å². The average molecular weight is 176 g/mol. The van der Waals surface area contributed by atoms with Crippen LogP contribution in [0.1, 0.15) is 41.3 Å². The van der Waals surface area contributed by atoms with E-state index in [-0.39, 0.29) is 5.78 Å². The number of carbonyl (C=O) groups is 1. The first kappa shape index (κ1) is 8.45. The molecule has 0 fully saturated rings. The molecule has 68 valence electrons. The normalized spacial score (nSPS) is 22.2. The molecule has 0 spiro atoms. The number of hydrogen-bond acceptors (Lipinski definition) is 2. The Kier molecular flexibility index (Phi) is 2.15. The Morgan fingerprint density at radius 2 is 2.08 bits per heavy atom. The molecule has 1 aromatic rings. The summed E-state index contributed by atoms with van der Waals surface area (Å²) in [4.78, 5) is 11.5. The van der Waals surface area contributed by atoms with Crippen molar-refractivity contribution >= 4 is 5.78 Å². The van der Waals surface area contributed by atoms with E-state index in [1.165, 1.54) is 0 Å². The fraction of sp³-hybridized carbons (Fsp3) is 0.364. The number of aliphatic hydroxyl groups excluding tert-OH is 1. The number of carbonyl (C=O) groups excluding carboxylic acids is 1. The molecule has 1 aromatic carbocycles. The highest BCUT2D eigenvalue weighted by atomic mass is 16.3. The summed E-state index contributed by atoms with van der Waals surface area (Å²) >= 11 is 0. The average Bonchev–Trinajstić information content (AvgIpc) is 2.29. The molecule has 0 amide bonds. The molecule has 2 heteroatoms. The van der Waals surface area contributed by atoms with E-state index in [2.05, 4.69) is 0 Å². The first-order valence-corrected chi connectivity index (χ1v) is 4.59. The monoisotopic (exact) mass is 176 g/mol. The van der Waals surface area contributed by atoms with Gasteiger partial charge in [0.15, 0.2) is 5.78 Å². The molecule has 0 radical (unpaired) electrons. The molecule has 1 unspecified atom stereocenters. The SMILES string of the molecule is O=C1CCCC(O)c2ccccc21. The van der Waals surface area contributed by atoms with Gasteiger partial charge in [0.05, 0.1) is 6.10 Å². The molecule has 1 aliphatic rings. The zero-order valence-corrected chi connectivity index (χ0v) is 7.36. The van der Waals surface area contributed by atoms with E-state index in [0.717, 1.165) is 12.0 Å². The predicted molar refractivity (Wildman–Crippen MR) is 49.6 cm³/mol. The summed E-state index contributed by atoms with van der Waals surface area (Å²) in [5, 5.41) is 9.71. The third-order valence-corrected chi connectivity index (χ3v) is 2.50. The number of aliphatic hydroxyl groups is 1. The Bertz CT molecular complexity index is 331. The van der Waals surface area contributed by atoms with Crippen LogP contribution in [0.25, 0.3) is 0 Å². The van der Waals surface area contributed by atoms with Crippen molar-refractivity contribution in [3.05, 3.63) is 35.4 Å². The third kappa shape index (κ3) is 1.49. The van der Waals surface area contributed by atoms with Gasteiger partial charge in [-0.25, -0.2) is 0 Å². The van der Waals surface area contributed by atoms with Crippen molar-refractivity contribution in [2.24, 2.45) is 0 Å². The van der Waals surface area contributed by atoms with E-state index >= 15 is 0 Å². The number of rotatable bonds is 0. The summed E-state index contributed by atoms with van der Waals surface area (Å²) < 4.78 is 0. The Labute approximate surface area is 77.2 Å². The molecule has 0 heterocycles. The maximum atomic E-state index is 11.5. The first-order valence-electron chi connectivity index (χ1n) is 4.59. The number of benzene rings is 1. The molecular weight excluding hydrogens is 164 g/mol. The minimum atomic E-state index is -0.456. The van der Waals surface area contributed by atoms with Crippen LogP contribution < -0.4 is 0 Å². The maximum Gasteiger partial charge on any atom is 0.163 e. The van der Waals surface area contributed by atoms with Crippen molar-refractivity contribution in [3.63, 3.8) is 0 Å².